The van der Waals surface area contributed by atoms with Gasteiger partial charge < -0.3 is 19.4 Å². The molecule has 1 aromatic carbocycles. The first kappa shape index (κ1) is 20.4. The van der Waals surface area contributed by atoms with Crippen LogP contribution in [0.25, 0.3) is 0 Å². The molecular weight excluding hydrogens is 350 g/mol. The Morgan fingerprint density at radius 3 is 2.22 bits per heavy atom. The van der Waals surface area contributed by atoms with Crippen molar-refractivity contribution >= 4 is 29.4 Å². The minimum atomic E-state index is -0.379. The molecule has 0 atom stereocenters. The van der Waals surface area contributed by atoms with Gasteiger partial charge in [0, 0.05) is 44.4 Å². The largest absolute Gasteiger partial charge is 0.450 e. The molecule has 0 N–H and O–H groups in total. The predicted octanol–water partition coefficient (Wildman–Crippen LogP) is 1.54. The first-order valence-electron chi connectivity index (χ1n) is 8.92. The molecule has 1 aliphatic heterocycles. The van der Waals surface area contributed by atoms with Crippen molar-refractivity contribution in [2.45, 2.75) is 20.8 Å². The van der Waals surface area contributed by atoms with Crippen molar-refractivity contribution in [3.05, 3.63) is 29.8 Å². The van der Waals surface area contributed by atoms with Crippen LogP contribution in [0.5, 0.6) is 0 Å². The molecule has 27 heavy (non-hydrogen) atoms. The standard InChI is InChI=1S/C19H25N3O5/c1-4-27-19(26)21-10-8-20(9-11-21)18(25)13-22(15(3)24)17-7-5-6-16(12-17)14(2)23/h5-7,12H,4,8-11,13H2,1-3H3. The van der Waals surface area contributed by atoms with Gasteiger partial charge >= 0.3 is 6.09 Å². The number of nitrogens with zero attached hydrogens (tertiary/aromatic N) is 3. The molecule has 1 heterocycles. The van der Waals surface area contributed by atoms with E-state index >= 15 is 0 Å². The molecule has 2 rings (SSSR count). The second-order valence-corrected chi connectivity index (χ2v) is 6.28. The quantitative estimate of drug-likeness (QED) is 0.729. The molecule has 0 saturated carbocycles. The Balaban J connectivity index is 2.02. The lowest BCUT2D eigenvalue weighted by Gasteiger charge is -2.35. The molecule has 8 heteroatoms. The number of carbonyl (C=O) groups is 4. The van der Waals surface area contributed by atoms with E-state index < -0.39 is 0 Å². The van der Waals surface area contributed by atoms with E-state index in [1.807, 2.05) is 0 Å². The van der Waals surface area contributed by atoms with E-state index in [-0.39, 0.29) is 30.2 Å². The monoisotopic (exact) mass is 375 g/mol. The summed E-state index contributed by atoms with van der Waals surface area (Å²) in [6.45, 7) is 6.33. The molecule has 3 amide bonds. The van der Waals surface area contributed by atoms with Crippen molar-refractivity contribution in [3.63, 3.8) is 0 Å². The zero-order valence-corrected chi connectivity index (χ0v) is 15.9. The van der Waals surface area contributed by atoms with Crippen LogP contribution < -0.4 is 4.90 Å². The van der Waals surface area contributed by atoms with E-state index in [0.29, 0.717) is 44.0 Å². The van der Waals surface area contributed by atoms with Gasteiger partial charge in [0.2, 0.25) is 11.8 Å². The molecule has 1 aromatic rings. The predicted molar refractivity (Wildman–Crippen MR) is 99.6 cm³/mol. The molecular formula is C19H25N3O5. The zero-order chi connectivity index (χ0) is 20.0. The summed E-state index contributed by atoms with van der Waals surface area (Å²) < 4.78 is 4.96. The second kappa shape index (κ2) is 9.16. The van der Waals surface area contributed by atoms with Crippen molar-refractivity contribution in [3.8, 4) is 0 Å². The fourth-order valence-electron chi connectivity index (χ4n) is 2.87. The molecule has 8 nitrogen and oxygen atoms in total. The van der Waals surface area contributed by atoms with Crippen LogP contribution in [-0.2, 0) is 14.3 Å². The number of ketones is 1. The molecule has 1 saturated heterocycles. The Morgan fingerprint density at radius 2 is 1.67 bits per heavy atom. The van der Waals surface area contributed by atoms with E-state index in [1.54, 1.807) is 41.0 Å². The van der Waals surface area contributed by atoms with Gasteiger partial charge in [0.15, 0.2) is 5.78 Å². The Morgan fingerprint density at radius 1 is 1.04 bits per heavy atom. The van der Waals surface area contributed by atoms with Crippen LogP contribution >= 0.6 is 0 Å². The fraction of sp³-hybridized carbons (Fsp3) is 0.474. The first-order chi connectivity index (χ1) is 12.8. The van der Waals surface area contributed by atoms with Gasteiger partial charge in [-0.25, -0.2) is 4.79 Å². The number of hydrogen-bond donors (Lipinski definition) is 0. The maximum atomic E-state index is 12.6. The van der Waals surface area contributed by atoms with Gasteiger partial charge in [0.25, 0.3) is 0 Å². The highest BCUT2D eigenvalue weighted by Crippen LogP contribution is 2.18. The van der Waals surface area contributed by atoms with Gasteiger partial charge in [0.05, 0.1) is 6.61 Å². The topological polar surface area (TPSA) is 87.2 Å². The smallest absolute Gasteiger partial charge is 0.409 e. The average molecular weight is 375 g/mol. The number of Topliss-reactive ketones (excluding diaryl/α,β-unsaturated/α-hetero) is 1. The van der Waals surface area contributed by atoms with Crippen LogP contribution in [0.15, 0.2) is 24.3 Å². The normalized spacial score (nSPS) is 13.9. The Labute approximate surface area is 158 Å². The average Bonchev–Trinajstić information content (AvgIpc) is 2.66. The van der Waals surface area contributed by atoms with Gasteiger partial charge in [-0.3, -0.25) is 14.4 Å². The van der Waals surface area contributed by atoms with Crippen LogP contribution in [0.3, 0.4) is 0 Å². The number of hydrogen-bond acceptors (Lipinski definition) is 5. The summed E-state index contributed by atoms with van der Waals surface area (Å²) in [6, 6.07) is 6.65. The molecule has 1 aliphatic rings. The third kappa shape index (κ3) is 5.29. The number of carbonyl (C=O) groups excluding carboxylic acids is 4. The first-order valence-corrected chi connectivity index (χ1v) is 8.92. The number of amides is 3. The van der Waals surface area contributed by atoms with Crippen molar-refractivity contribution < 1.29 is 23.9 Å². The lowest BCUT2D eigenvalue weighted by atomic mass is 10.1. The summed E-state index contributed by atoms with van der Waals surface area (Å²) in [5.41, 5.74) is 0.989. The van der Waals surface area contributed by atoms with Crippen LogP contribution in [-0.4, -0.2) is 72.8 Å². The van der Waals surface area contributed by atoms with Crippen molar-refractivity contribution in [2.75, 3.05) is 44.2 Å². The van der Waals surface area contributed by atoms with E-state index in [4.69, 9.17) is 4.74 Å². The van der Waals surface area contributed by atoms with Crippen LogP contribution in [0, 0.1) is 0 Å². The van der Waals surface area contributed by atoms with Crippen molar-refractivity contribution in [1.82, 2.24) is 9.80 Å². The summed E-state index contributed by atoms with van der Waals surface area (Å²) in [4.78, 5) is 52.5. The molecule has 0 radical (unpaired) electrons. The maximum Gasteiger partial charge on any atom is 0.409 e. The molecule has 0 bridgehead atoms. The Kier molecular flexibility index (Phi) is 6.92. The van der Waals surface area contributed by atoms with Crippen LogP contribution in [0.4, 0.5) is 10.5 Å². The Bertz CT molecular complexity index is 726. The lowest BCUT2D eigenvalue weighted by Crippen LogP contribution is -2.53. The summed E-state index contributed by atoms with van der Waals surface area (Å²) in [7, 11) is 0. The highest BCUT2D eigenvalue weighted by atomic mass is 16.6. The number of rotatable bonds is 5. The summed E-state index contributed by atoms with van der Waals surface area (Å²) in [6.07, 6.45) is -0.379. The van der Waals surface area contributed by atoms with Gasteiger partial charge in [-0.15, -0.1) is 0 Å². The lowest BCUT2D eigenvalue weighted by molar-refractivity contribution is -0.132. The SMILES string of the molecule is CCOC(=O)N1CCN(C(=O)CN(C(C)=O)c2cccc(C(C)=O)c2)CC1. The van der Waals surface area contributed by atoms with E-state index in [2.05, 4.69) is 0 Å². The molecule has 0 unspecified atom stereocenters. The summed E-state index contributed by atoms with van der Waals surface area (Å²) in [5.74, 6) is -0.599. The summed E-state index contributed by atoms with van der Waals surface area (Å²) >= 11 is 0. The van der Waals surface area contributed by atoms with Crippen molar-refractivity contribution in [2.24, 2.45) is 0 Å². The van der Waals surface area contributed by atoms with Crippen LogP contribution in [0.1, 0.15) is 31.1 Å². The minimum absolute atomic E-state index is 0.109. The van der Waals surface area contributed by atoms with Gasteiger partial charge in [-0.05, 0) is 26.0 Å². The third-order valence-electron chi connectivity index (χ3n) is 4.40. The fourth-order valence-corrected chi connectivity index (χ4v) is 2.87. The van der Waals surface area contributed by atoms with Gasteiger partial charge in [-0.1, -0.05) is 12.1 Å². The van der Waals surface area contributed by atoms with E-state index in [1.165, 1.54) is 18.7 Å². The van der Waals surface area contributed by atoms with E-state index in [9.17, 15) is 19.2 Å². The summed E-state index contributed by atoms with van der Waals surface area (Å²) in [5, 5.41) is 0. The highest BCUT2D eigenvalue weighted by Gasteiger charge is 2.27. The highest BCUT2D eigenvalue weighted by molar-refractivity contribution is 6.00. The minimum Gasteiger partial charge on any atom is -0.450 e. The molecule has 0 spiro atoms. The zero-order valence-electron chi connectivity index (χ0n) is 15.9. The number of benzene rings is 1. The molecule has 0 aliphatic carbocycles. The number of ether oxygens (including phenoxy) is 1. The third-order valence-corrected chi connectivity index (χ3v) is 4.40. The number of anilines is 1. The van der Waals surface area contributed by atoms with Gasteiger partial charge in [-0.2, -0.15) is 0 Å². The Hall–Kier alpha value is -2.90. The van der Waals surface area contributed by atoms with E-state index in [0.717, 1.165) is 0 Å². The van der Waals surface area contributed by atoms with Gasteiger partial charge in [0.1, 0.15) is 6.54 Å². The van der Waals surface area contributed by atoms with Crippen LogP contribution in [0.2, 0.25) is 0 Å². The number of piperazine rings is 1. The second-order valence-electron chi connectivity index (χ2n) is 6.28. The molecule has 0 aromatic heterocycles. The van der Waals surface area contributed by atoms with Crippen molar-refractivity contribution in [1.29, 1.82) is 0 Å². The maximum absolute atomic E-state index is 12.6. The molecule has 146 valence electrons. The molecule has 1 fully saturated rings.